The molecule has 2 rings (SSSR count). The zero-order valence-corrected chi connectivity index (χ0v) is 9.44. The molecule has 0 fully saturated rings. The number of rotatable bonds is 3. The number of carbonyl (C=O) groups is 1. The first-order chi connectivity index (χ1) is 7.66. The summed E-state index contributed by atoms with van der Waals surface area (Å²) in [6, 6.07) is 5.42. The second kappa shape index (κ2) is 4.58. The topological polar surface area (TPSA) is 40.5 Å². The monoisotopic (exact) mass is 237 g/mol. The van der Waals surface area contributed by atoms with Gasteiger partial charge in [-0.15, -0.1) is 0 Å². The van der Waals surface area contributed by atoms with E-state index in [2.05, 4.69) is 17.1 Å². The van der Waals surface area contributed by atoms with Crippen LogP contribution in [0, 0.1) is 0 Å². The quantitative estimate of drug-likeness (QED) is 0.821. The van der Waals surface area contributed by atoms with Crippen LogP contribution in [-0.4, -0.2) is 24.2 Å². The first-order valence-electron chi connectivity index (χ1n) is 5.07. The number of halogens is 1. The molecule has 0 aliphatic carbocycles. The van der Waals surface area contributed by atoms with Crippen LogP contribution < -0.4 is 4.90 Å². The maximum atomic E-state index is 10.6. The molecule has 1 N–H and O–H groups in total. The van der Waals surface area contributed by atoms with Gasteiger partial charge in [0, 0.05) is 13.1 Å². The van der Waals surface area contributed by atoms with Crippen molar-refractivity contribution in [3.63, 3.8) is 0 Å². The molecule has 16 heavy (non-hydrogen) atoms. The van der Waals surface area contributed by atoms with Gasteiger partial charge in [0.2, 0.25) is 0 Å². The smallest absolute Gasteiger partial charge is 0.307 e. The van der Waals surface area contributed by atoms with E-state index in [-0.39, 0.29) is 6.42 Å². The molecule has 84 valence electrons. The van der Waals surface area contributed by atoms with Crippen LogP contribution in [0.3, 0.4) is 0 Å². The van der Waals surface area contributed by atoms with E-state index >= 15 is 0 Å². The predicted octanol–water partition coefficient (Wildman–Crippen LogP) is 2.34. The Hall–Kier alpha value is -1.48. The molecule has 3 nitrogen and oxygen atoms in total. The molecule has 0 atom stereocenters. The molecule has 1 aromatic rings. The highest BCUT2D eigenvalue weighted by atomic mass is 35.5. The van der Waals surface area contributed by atoms with Crippen LogP contribution in [0.15, 0.2) is 30.4 Å². The van der Waals surface area contributed by atoms with E-state index in [0.717, 1.165) is 24.3 Å². The number of carboxylic acids is 1. The lowest BCUT2D eigenvalue weighted by Crippen LogP contribution is -2.18. The molecule has 0 saturated carbocycles. The molecule has 0 amide bonds. The van der Waals surface area contributed by atoms with Crippen molar-refractivity contribution in [3.05, 3.63) is 40.9 Å². The summed E-state index contributed by atoms with van der Waals surface area (Å²) in [6.07, 6.45) is 4.18. The van der Waals surface area contributed by atoms with E-state index in [1.54, 1.807) is 6.07 Å². The number of hydrogen-bond donors (Lipinski definition) is 1. The molecule has 0 radical (unpaired) electrons. The fourth-order valence-electron chi connectivity index (χ4n) is 1.77. The number of anilines is 1. The van der Waals surface area contributed by atoms with Gasteiger partial charge in [0.1, 0.15) is 0 Å². The summed E-state index contributed by atoms with van der Waals surface area (Å²) in [5.41, 5.74) is 1.69. The Labute approximate surface area is 98.9 Å². The molecule has 0 spiro atoms. The second-order valence-corrected chi connectivity index (χ2v) is 4.14. The maximum absolute atomic E-state index is 10.6. The third-order valence-electron chi connectivity index (χ3n) is 2.53. The minimum absolute atomic E-state index is 0.0122. The Balaban J connectivity index is 2.19. The molecule has 0 bridgehead atoms. The van der Waals surface area contributed by atoms with Gasteiger partial charge >= 0.3 is 5.97 Å². The fraction of sp³-hybridized carbons (Fsp3) is 0.250. The number of benzene rings is 1. The van der Waals surface area contributed by atoms with Gasteiger partial charge in [-0.1, -0.05) is 29.8 Å². The number of nitrogens with zero attached hydrogens (tertiary/aromatic N) is 1. The Morgan fingerprint density at radius 2 is 2.06 bits per heavy atom. The predicted molar refractivity (Wildman–Crippen MR) is 64.1 cm³/mol. The van der Waals surface area contributed by atoms with E-state index < -0.39 is 5.97 Å². The summed E-state index contributed by atoms with van der Waals surface area (Å²) in [5.74, 6) is -0.841. The Morgan fingerprint density at radius 3 is 2.62 bits per heavy atom. The van der Waals surface area contributed by atoms with Crippen molar-refractivity contribution in [2.24, 2.45) is 0 Å². The zero-order valence-electron chi connectivity index (χ0n) is 8.69. The van der Waals surface area contributed by atoms with E-state index in [4.69, 9.17) is 16.7 Å². The lowest BCUT2D eigenvalue weighted by atomic mass is 10.1. The Bertz CT molecular complexity index is 435. The largest absolute Gasteiger partial charge is 0.481 e. The highest BCUT2D eigenvalue weighted by molar-refractivity contribution is 6.33. The molecule has 0 aromatic heterocycles. The number of carboxylic acid groups (broad SMARTS) is 1. The summed E-state index contributed by atoms with van der Waals surface area (Å²) in [5, 5.41) is 9.29. The standard InChI is InChI=1S/C12H12ClNO2/c13-10-7-9(8-12(15)16)3-4-11(10)14-5-1-2-6-14/h1-4,7H,5-6,8H2,(H,15,16). The van der Waals surface area contributed by atoms with E-state index in [9.17, 15) is 4.79 Å². The highest BCUT2D eigenvalue weighted by Gasteiger charge is 2.12. The zero-order chi connectivity index (χ0) is 11.5. The van der Waals surface area contributed by atoms with Crippen molar-refractivity contribution >= 4 is 23.3 Å². The van der Waals surface area contributed by atoms with Crippen molar-refractivity contribution < 1.29 is 9.90 Å². The van der Waals surface area contributed by atoms with Gasteiger partial charge in [-0.05, 0) is 17.7 Å². The summed E-state index contributed by atoms with van der Waals surface area (Å²) in [6.45, 7) is 1.72. The van der Waals surface area contributed by atoms with Crippen LogP contribution in [0.1, 0.15) is 5.56 Å². The number of hydrogen-bond acceptors (Lipinski definition) is 2. The maximum Gasteiger partial charge on any atom is 0.307 e. The molecule has 0 saturated heterocycles. The summed E-state index contributed by atoms with van der Waals surface area (Å²) < 4.78 is 0. The molecule has 0 unspecified atom stereocenters. The van der Waals surface area contributed by atoms with Crippen molar-refractivity contribution in [3.8, 4) is 0 Å². The minimum Gasteiger partial charge on any atom is -0.481 e. The molecular weight excluding hydrogens is 226 g/mol. The molecule has 1 aliphatic heterocycles. The van der Waals surface area contributed by atoms with Crippen LogP contribution in [0.4, 0.5) is 5.69 Å². The van der Waals surface area contributed by atoms with Gasteiger partial charge in [-0.25, -0.2) is 0 Å². The fourth-order valence-corrected chi connectivity index (χ4v) is 2.09. The summed E-state index contributed by atoms with van der Waals surface area (Å²) in [4.78, 5) is 12.7. The average Bonchev–Trinajstić information content (AvgIpc) is 2.69. The van der Waals surface area contributed by atoms with Crippen molar-refractivity contribution in [1.82, 2.24) is 0 Å². The summed E-state index contributed by atoms with van der Waals surface area (Å²) >= 11 is 6.13. The van der Waals surface area contributed by atoms with Gasteiger partial charge in [0.05, 0.1) is 17.1 Å². The minimum atomic E-state index is -0.841. The third kappa shape index (κ3) is 2.36. The van der Waals surface area contributed by atoms with Gasteiger partial charge in [-0.2, -0.15) is 0 Å². The Kier molecular flexibility index (Phi) is 3.15. The van der Waals surface area contributed by atoms with Gasteiger partial charge < -0.3 is 10.0 Å². The molecule has 1 aromatic carbocycles. The van der Waals surface area contributed by atoms with Crippen LogP contribution in [0.5, 0.6) is 0 Å². The number of aliphatic carboxylic acids is 1. The van der Waals surface area contributed by atoms with Crippen LogP contribution in [-0.2, 0) is 11.2 Å². The first-order valence-corrected chi connectivity index (χ1v) is 5.45. The molecule has 4 heteroatoms. The first kappa shape index (κ1) is 11.0. The van der Waals surface area contributed by atoms with Crippen LogP contribution in [0.2, 0.25) is 5.02 Å². The lowest BCUT2D eigenvalue weighted by Gasteiger charge is -2.19. The van der Waals surface area contributed by atoms with Crippen molar-refractivity contribution in [2.75, 3.05) is 18.0 Å². The average molecular weight is 238 g/mol. The van der Waals surface area contributed by atoms with E-state index in [1.165, 1.54) is 0 Å². The molecule has 1 aliphatic rings. The molecular formula is C12H12ClNO2. The van der Waals surface area contributed by atoms with Crippen molar-refractivity contribution in [1.29, 1.82) is 0 Å². The van der Waals surface area contributed by atoms with Gasteiger partial charge in [0.15, 0.2) is 0 Å². The van der Waals surface area contributed by atoms with Gasteiger partial charge in [-0.3, -0.25) is 4.79 Å². The van der Waals surface area contributed by atoms with Crippen molar-refractivity contribution in [2.45, 2.75) is 6.42 Å². The van der Waals surface area contributed by atoms with E-state index in [1.807, 2.05) is 12.1 Å². The van der Waals surface area contributed by atoms with Crippen LogP contribution in [0.25, 0.3) is 0 Å². The van der Waals surface area contributed by atoms with Gasteiger partial charge in [0.25, 0.3) is 0 Å². The SMILES string of the molecule is O=C(O)Cc1ccc(N2CC=CC2)c(Cl)c1. The van der Waals surface area contributed by atoms with Crippen LogP contribution >= 0.6 is 11.6 Å². The molecule has 1 heterocycles. The summed E-state index contributed by atoms with van der Waals surface area (Å²) in [7, 11) is 0. The second-order valence-electron chi connectivity index (χ2n) is 3.73. The Morgan fingerprint density at radius 1 is 1.38 bits per heavy atom. The van der Waals surface area contributed by atoms with E-state index in [0.29, 0.717) is 5.02 Å². The normalized spacial score (nSPS) is 14.4. The third-order valence-corrected chi connectivity index (χ3v) is 2.83. The lowest BCUT2D eigenvalue weighted by molar-refractivity contribution is -0.136. The highest BCUT2D eigenvalue weighted by Crippen LogP contribution is 2.28.